The maximum Gasteiger partial charge on any atom is 0.425 e. The van der Waals surface area contributed by atoms with Gasteiger partial charge >= 0.3 is 18.2 Å². The van der Waals surface area contributed by atoms with Gasteiger partial charge in [0.05, 0.1) is 36.2 Å². The van der Waals surface area contributed by atoms with Crippen LogP contribution >= 0.6 is 0 Å². The van der Waals surface area contributed by atoms with Gasteiger partial charge in [0.1, 0.15) is 22.5 Å². The molecule has 11 heteroatoms. The van der Waals surface area contributed by atoms with Gasteiger partial charge in [-0.1, -0.05) is 0 Å². The topological polar surface area (TPSA) is 112 Å². The molecule has 1 aromatic carbocycles. The molecule has 0 bridgehead atoms. The van der Waals surface area contributed by atoms with E-state index in [-0.39, 0.29) is 22.4 Å². The van der Waals surface area contributed by atoms with Crippen LogP contribution in [0.25, 0.3) is 16.6 Å². The van der Waals surface area contributed by atoms with Crippen molar-refractivity contribution < 1.29 is 33.0 Å². The van der Waals surface area contributed by atoms with Gasteiger partial charge in [0.15, 0.2) is 5.82 Å². The lowest BCUT2D eigenvalue weighted by Crippen LogP contribution is -2.44. The normalized spacial score (nSPS) is 12.0. The zero-order valence-electron chi connectivity index (χ0n) is 19.4. The molecule has 3 aromatic rings. The summed E-state index contributed by atoms with van der Waals surface area (Å²) in [4.78, 5) is 47.0. The van der Waals surface area contributed by atoms with Crippen LogP contribution in [0.15, 0.2) is 24.7 Å². The Morgan fingerprint density at radius 1 is 0.970 bits per heavy atom. The predicted octanol–water partition coefficient (Wildman–Crippen LogP) is 4.48. The zero-order chi connectivity index (χ0) is 24.7. The SMILES string of the molecule is COC(=O)c1cc2c(cc1F)nc(N(C(=O)OC(C)(C)C)C(=O)OC(C)(C)C)c1cncn12. The average Bonchev–Trinajstić information content (AvgIpc) is 3.14. The van der Waals surface area contributed by atoms with Crippen molar-refractivity contribution in [2.75, 3.05) is 12.0 Å². The fourth-order valence-electron chi connectivity index (χ4n) is 2.95. The van der Waals surface area contributed by atoms with Gasteiger partial charge < -0.3 is 14.2 Å². The standard InChI is InChI=1S/C22H25FN4O6/c1-21(2,3)32-19(29)27(20(30)33-22(4,5)6)17-16-10-24-11-26(16)15-8-12(18(28)31-7)13(23)9-14(15)25-17/h8-11H,1-7H3. The van der Waals surface area contributed by atoms with E-state index in [1.165, 1.54) is 23.0 Å². The Hall–Kier alpha value is -3.76. The van der Waals surface area contributed by atoms with Gasteiger partial charge in [-0.05, 0) is 47.6 Å². The number of carbonyl (C=O) groups excluding carboxylic acids is 3. The first-order valence-electron chi connectivity index (χ1n) is 10.0. The van der Waals surface area contributed by atoms with E-state index in [9.17, 15) is 18.8 Å². The van der Waals surface area contributed by atoms with Crippen molar-refractivity contribution in [3.63, 3.8) is 0 Å². The number of nitrogens with zero attached hydrogens (tertiary/aromatic N) is 4. The Bertz CT molecular complexity index is 1230. The highest BCUT2D eigenvalue weighted by Gasteiger charge is 2.35. The van der Waals surface area contributed by atoms with E-state index in [1.807, 2.05) is 0 Å². The lowest BCUT2D eigenvalue weighted by Gasteiger charge is -2.28. The number of amides is 2. The van der Waals surface area contributed by atoms with Gasteiger partial charge in [-0.2, -0.15) is 4.90 Å². The summed E-state index contributed by atoms with van der Waals surface area (Å²) in [6.45, 7) is 9.86. The largest absolute Gasteiger partial charge is 0.465 e. The van der Waals surface area contributed by atoms with Crippen LogP contribution in [0.2, 0.25) is 0 Å². The fraction of sp³-hybridized carbons (Fsp3) is 0.409. The second-order valence-corrected chi connectivity index (χ2v) is 9.19. The Kier molecular flexibility index (Phi) is 6.01. The highest BCUT2D eigenvalue weighted by atomic mass is 19.1. The molecule has 0 N–H and O–H groups in total. The van der Waals surface area contributed by atoms with Gasteiger partial charge in [0.25, 0.3) is 0 Å². The third kappa shape index (κ3) is 5.02. The monoisotopic (exact) mass is 460 g/mol. The first kappa shape index (κ1) is 23.9. The van der Waals surface area contributed by atoms with E-state index in [4.69, 9.17) is 9.47 Å². The third-order valence-electron chi connectivity index (χ3n) is 4.19. The number of hydrogen-bond acceptors (Lipinski definition) is 8. The first-order valence-corrected chi connectivity index (χ1v) is 10.0. The molecule has 0 saturated carbocycles. The molecule has 0 saturated heterocycles. The van der Waals surface area contributed by atoms with Gasteiger partial charge in [-0.25, -0.2) is 28.7 Å². The molecule has 0 aliphatic carbocycles. The molecule has 2 aromatic heterocycles. The lowest BCUT2D eigenvalue weighted by molar-refractivity contribution is 0.0428. The number of halogens is 1. The molecule has 0 radical (unpaired) electrons. The number of rotatable bonds is 2. The number of hydrogen-bond donors (Lipinski definition) is 0. The lowest BCUT2D eigenvalue weighted by atomic mass is 10.1. The molecule has 0 fully saturated rings. The van der Waals surface area contributed by atoms with Crippen LogP contribution in [0.4, 0.5) is 19.8 Å². The third-order valence-corrected chi connectivity index (χ3v) is 4.19. The van der Waals surface area contributed by atoms with Crippen LogP contribution in [-0.4, -0.2) is 50.8 Å². The number of imidazole rings is 1. The number of methoxy groups -OCH3 is 1. The maximum atomic E-state index is 14.6. The summed E-state index contributed by atoms with van der Waals surface area (Å²) in [5.41, 5.74) is -1.56. The molecule has 0 spiro atoms. The molecule has 0 unspecified atom stereocenters. The molecule has 0 aliphatic rings. The van der Waals surface area contributed by atoms with Crippen LogP contribution in [0.1, 0.15) is 51.9 Å². The summed E-state index contributed by atoms with van der Waals surface area (Å²) in [5, 5.41) is 0. The number of imide groups is 1. The van der Waals surface area contributed by atoms with E-state index in [2.05, 4.69) is 14.7 Å². The van der Waals surface area contributed by atoms with Gasteiger partial charge in [0, 0.05) is 6.07 Å². The number of esters is 1. The van der Waals surface area contributed by atoms with Crippen molar-refractivity contribution in [3.05, 3.63) is 36.0 Å². The van der Waals surface area contributed by atoms with Crippen LogP contribution in [0, 0.1) is 5.82 Å². The van der Waals surface area contributed by atoms with E-state index >= 15 is 0 Å². The Morgan fingerprint density at radius 3 is 2.06 bits per heavy atom. The average molecular weight is 460 g/mol. The summed E-state index contributed by atoms with van der Waals surface area (Å²) in [6.07, 6.45) is 0.686. The quantitative estimate of drug-likeness (QED) is 0.406. The molecule has 0 atom stereocenters. The van der Waals surface area contributed by atoms with Crippen LogP contribution in [0.3, 0.4) is 0 Å². The Morgan fingerprint density at radius 2 is 1.55 bits per heavy atom. The van der Waals surface area contributed by atoms with Crippen LogP contribution in [0.5, 0.6) is 0 Å². The number of fused-ring (bicyclic) bond motifs is 3. The molecule has 176 valence electrons. The highest BCUT2D eigenvalue weighted by Crippen LogP contribution is 2.29. The van der Waals surface area contributed by atoms with Crippen molar-refractivity contribution in [1.82, 2.24) is 14.4 Å². The number of carbonyl (C=O) groups is 3. The van der Waals surface area contributed by atoms with Crippen LogP contribution in [-0.2, 0) is 14.2 Å². The van der Waals surface area contributed by atoms with E-state index in [0.29, 0.717) is 10.4 Å². The smallest absolute Gasteiger partial charge is 0.425 e. The minimum atomic E-state index is -1.03. The zero-order valence-corrected chi connectivity index (χ0v) is 19.4. The van der Waals surface area contributed by atoms with E-state index < -0.39 is 35.2 Å². The van der Waals surface area contributed by atoms with Crippen molar-refractivity contribution in [1.29, 1.82) is 0 Å². The first-order chi connectivity index (χ1) is 15.2. The predicted molar refractivity (Wildman–Crippen MR) is 117 cm³/mol. The summed E-state index contributed by atoms with van der Waals surface area (Å²) in [5.74, 6) is -1.92. The Labute approximate surface area is 189 Å². The van der Waals surface area contributed by atoms with E-state index in [0.717, 1.165) is 13.2 Å². The number of benzene rings is 1. The van der Waals surface area contributed by atoms with Gasteiger partial charge in [0.2, 0.25) is 0 Å². The fourth-order valence-corrected chi connectivity index (χ4v) is 2.95. The minimum Gasteiger partial charge on any atom is -0.465 e. The number of aromatic nitrogens is 3. The summed E-state index contributed by atoms with van der Waals surface area (Å²) < 4.78 is 31.5. The second-order valence-electron chi connectivity index (χ2n) is 9.19. The van der Waals surface area contributed by atoms with Crippen molar-refractivity contribution in [2.24, 2.45) is 0 Å². The number of ether oxygens (including phenoxy) is 3. The summed E-state index contributed by atoms with van der Waals surface area (Å²) in [7, 11) is 1.14. The van der Waals surface area contributed by atoms with Gasteiger partial charge in [-0.15, -0.1) is 0 Å². The molecule has 2 amide bonds. The van der Waals surface area contributed by atoms with Crippen molar-refractivity contribution >= 4 is 40.5 Å². The molecular formula is C22H25FN4O6. The second kappa shape index (κ2) is 8.30. The summed E-state index contributed by atoms with van der Waals surface area (Å²) in [6, 6.07) is 2.26. The Balaban J connectivity index is 2.27. The molecule has 10 nitrogen and oxygen atoms in total. The minimum absolute atomic E-state index is 0.0535. The van der Waals surface area contributed by atoms with Gasteiger partial charge in [-0.3, -0.25) is 4.40 Å². The molecule has 3 rings (SSSR count). The van der Waals surface area contributed by atoms with E-state index in [1.54, 1.807) is 41.5 Å². The van der Waals surface area contributed by atoms with Crippen LogP contribution < -0.4 is 4.90 Å². The highest BCUT2D eigenvalue weighted by molar-refractivity contribution is 6.12. The summed E-state index contributed by atoms with van der Waals surface area (Å²) >= 11 is 0. The molecular weight excluding hydrogens is 435 g/mol. The molecule has 2 heterocycles. The maximum absolute atomic E-state index is 14.6. The number of anilines is 1. The van der Waals surface area contributed by atoms with Crippen molar-refractivity contribution in [3.8, 4) is 0 Å². The molecule has 0 aliphatic heterocycles. The van der Waals surface area contributed by atoms with Crippen molar-refractivity contribution in [2.45, 2.75) is 52.7 Å². The molecule has 33 heavy (non-hydrogen) atoms.